The zero-order chi connectivity index (χ0) is 30.4. The number of nitrogens with one attached hydrogen (secondary N) is 2. The summed E-state index contributed by atoms with van der Waals surface area (Å²) in [7, 11) is 0. The van der Waals surface area contributed by atoms with Gasteiger partial charge in [0.15, 0.2) is 0 Å². The van der Waals surface area contributed by atoms with Crippen molar-refractivity contribution < 1.29 is 4.42 Å². The zero-order valence-corrected chi connectivity index (χ0v) is 24.9. The number of nitrogens with zero attached hydrogens (tertiary/aromatic N) is 8. The summed E-state index contributed by atoms with van der Waals surface area (Å²) in [5.41, 5.74) is 3.42. The largest absolute Gasteiger partial charge is 0.423 e. The van der Waals surface area contributed by atoms with E-state index in [0.29, 0.717) is 62.4 Å². The summed E-state index contributed by atoms with van der Waals surface area (Å²) in [6, 6.07) is 14.9. The fraction of sp³-hybridized carbons (Fsp3) is 0.323. The van der Waals surface area contributed by atoms with Crippen LogP contribution in [0.4, 0.5) is 11.4 Å². The van der Waals surface area contributed by atoms with Crippen LogP contribution in [0.1, 0.15) is 73.8 Å². The van der Waals surface area contributed by atoms with Gasteiger partial charge in [-0.1, -0.05) is 55.8 Å². The number of nitriles is 2. The number of aromatic nitrogens is 6. The maximum atomic E-state index is 9.97. The topological polar surface area (TPSA) is 154 Å². The molecule has 216 valence electrons. The van der Waals surface area contributed by atoms with Gasteiger partial charge in [-0.2, -0.15) is 10.5 Å². The number of hydrogen-bond acceptors (Lipinski definition) is 10. The molecule has 12 heteroatoms. The summed E-state index contributed by atoms with van der Waals surface area (Å²) in [6.45, 7) is 8.70. The molecule has 3 aromatic heterocycles. The molecule has 1 saturated carbocycles. The molecule has 5 aromatic rings. The van der Waals surface area contributed by atoms with E-state index < -0.39 is 11.6 Å². The van der Waals surface area contributed by atoms with Crippen molar-refractivity contribution in [2.24, 2.45) is 5.41 Å². The third-order valence-electron chi connectivity index (χ3n) is 7.43. The normalized spacial score (nSPS) is 14.6. The van der Waals surface area contributed by atoms with Crippen LogP contribution in [0.2, 0.25) is 5.02 Å². The van der Waals surface area contributed by atoms with E-state index in [4.69, 9.17) is 16.0 Å². The van der Waals surface area contributed by atoms with Gasteiger partial charge in [0.05, 0.1) is 46.3 Å². The summed E-state index contributed by atoms with van der Waals surface area (Å²) < 4.78 is 7.54. The Balaban J connectivity index is 1.47. The fourth-order valence-corrected chi connectivity index (χ4v) is 5.29. The average Bonchev–Trinajstić information content (AvgIpc) is 3.41. The second-order valence-electron chi connectivity index (χ2n) is 11.9. The van der Waals surface area contributed by atoms with Gasteiger partial charge in [0.1, 0.15) is 17.3 Å². The Bertz CT molecular complexity index is 1920. The van der Waals surface area contributed by atoms with E-state index in [1.807, 2.05) is 30.5 Å². The first kappa shape index (κ1) is 28.1. The number of benzene rings is 2. The van der Waals surface area contributed by atoms with Gasteiger partial charge in [-0.05, 0) is 42.0 Å². The highest BCUT2D eigenvalue weighted by molar-refractivity contribution is 6.31. The van der Waals surface area contributed by atoms with Crippen molar-refractivity contribution in [3.05, 3.63) is 88.0 Å². The predicted octanol–water partition coefficient (Wildman–Crippen LogP) is 6.11. The summed E-state index contributed by atoms with van der Waals surface area (Å²) >= 11 is 6.73. The molecule has 2 aromatic carbocycles. The molecule has 2 N–H and O–H groups in total. The molecule has 1 fully saturated rings. The number of anilines is 2. The maximum Gasteiger partial charge on any atom is 0.244 e. The van der Waals surface area contributed by atoms with Crippen molar-refractivity contribution in [2.75, 3.05) is 17.2 Å². The van der Waals surface area contributed by atoms with Crippen molar-refractivity contribution in [2.45, 2.75) is 52.1 Å². The van der Waals surface area contributed by atoms with Crippen LogP contribution in [0.15, 0.2) is 53.2 Å². The van der Waals surface area contributed by atoms with E-state index in [9.17, 15) is 10.5 Å². The molecule has 0 amide bonds. The number of rotatable bonds is 8. The Morgan fingerprint density at radius 3 is 2.56 bits per heavy atom. The maximum absolute atomic E-state index is 9.97. The Labute approximate surface area is 253 Å². The van der Waals surface area contributed by atoms with Gasteiger partial charge < -0.3 is 15.1 Å². The molecule has 1 aliphatic rings. The summed E-state index contributed by atoms with van der Waals surface area (Å²) in [6.07, 6.45) is 5.01. The van der Waals surface area contributed by atoms with Gasteiger partial charge in [0, 0.05) is 30.1 Å². The van der Waals surface area contributed by atoms with E-state index in [2.05, 4.69) is 69.0 Å². The van der Waals surface area contributed by atoms with Crippen LogP contribution >= 0.6 is 11.6 Å². The summed E-state index contributed by atoms with van der Waals surface area (Å²) in [5.74, 6) is 0.995. The Morgan fingerprint density at radius 1 is 1.12 bits per heavy atom. The Kier molecular flexibility index (Phi) is 6.99. The zero-order valence-electron chi connectivity index (χ0n) is 24.2. The van der Waals surface area contributed by atoms with Crippen LogP contribution in [0.5, 0.6) is 0 Å². The first-order valence-electron chi connectivity index (χ1n) is 13.9. The van der Waals surface area contributed by atoms with E-state index in [0.717, 1.165) is 18.4 Å². The third kappa shape index (κ3) is 5.36. The lowest BCUT2D eigenvalue weighted by Crippen LogP contribution is -2.20. The number of hydrogen-bond donors (Lipinski definition) is 2. The number of pyridine rings is 1. The highest BCUT2D eigenvalue weighted by Gasteiger charge is 2.52. The fourth-order valence-electron chi connectivity index (χ4n) is 5.04. The lowest BCUT2D eigenvalue weighted by Gasteiger charge is -2.23. The van der Waals surface area contributed by atoms with Crippen molar-refractivity contribution in [3.8, 4) is 12.1 Å². The lowest BCUT2D eigenvalue weighted by molar-refractivity contribution is 0.359. The van der Waals surface area contributed by atoms with Gasteiger partial charge in [0.2, 0.25) is 11.8 Å². The monoisotopic (exact) mass is 592 g/mol. The molecule has 0 unspecified atom stereocenters. The van der Waals surface area contributed by atoms with Gasteiger partial charge in [-0.25, -0.2) is 4.68 Å². The smallest absolute Gasteiger partial charge is 0.244 e. The molecule has 0 bridgehead atoms. The second kappa shape index (κ2) is 10.7. The quantitative estimate of drug-likeness (QED) is 0.215. The first-order chi connectivity index (χ1) is 20.6. The molecule has 43 heavy (non-hydrogen) atoms. The highest BCUT2D eigenvalue weighted by Crippen LogP contribution is 2.48. The summed E-state index contributed by atoms with van der Waals surface area (Å²) in [5, 5.41) is 45.3. The van der Waals surface area contributed by atoms with Crippen LogP contribution in [0, 0.1) is 35.0 Å². The van der Waals surface area contributed by atoms with Crippen LogP contribution in [0.3, 0.4) is 0 Å². The molecular formula is C31H29ClN10O. The first-order valence-corrected chi connectivity index (χ1v) is 14.2. The van der Waals surface area contributed by atoms with E-state index >= 15 is 0 Å². The molecule has 0 aliphatic heterocycles. The predicted molar refractivity (Wildman–Crippen MR) is 161 cm³/mol. The van der Waals surface area contributed by atoms with Gasteiger partial charge in [0.25, 0.3) is 0 Å². The average molecular weight is 593 g/mol. The minimum atomic E-state index is -0.553. The molecule has 3 heterocycles. The van der Waals surface area contributed by atoms with Crippen molar-refractivity contribution in [1.82, 2.24) is 30.2 Å². The molecule has 6 rings (SSSR count). The molecule has 11 nitrogen and oxygen atoms in total. The standard InChI is InChI=1S/C31H29ClN10O/c1-18-38-40-29(43-18)31(9-10-31)42-16-25(39-41-42)28(21-7-5-6-8-23(21)32)37-24-12-19(13-33)11-22-26(36-17-30(2,3)4)20(14-34)15-35-27(22)24/h5-8,11-12,15-16,28,37H,9-10,17H2,1-4H3,(H,35,36)/t28-/m0/s1. The van der Waals surface area contributed by atoms with Crippen LogP contribution in [-0.4, -0.2) is 36.7 Å². The minimum absolute atomic E-state index is 0.0456. The van der Waals surface area contributed by atoms with Crippen molar-refractivity contribution in [1.29, 1.82) is 10.5 Å². The van der Waals surface area contributed by atoms with Gasteiger partial charge >= 0.3 is 0 Å². The Hall–Kier alpha value is -5.00. The molecule has 0 spiro atoms. The van der Waals surface area contributed by atoms with Crippen LogP contribution in [0.25, 0.3) is 10.9 Å². The molecular weight excluding hydrogens is 564 g/mol. The van der Waals surface area contributed by atoms with E-state index in [-0.39, 0.29) is 5.41 Å². The number of aryl methyl sites for hydroxylation is 1. The van der Waals surface area contributed by atoms with E-state index in [1.54, 1.807) is 29.9 Å². The third-order valence-corrected chi connectivity index (χ3v) is 7.77. The van der Waals surface area contributed by atoms with E-state index in [1.165, 1.54) is 0 Å². The van der Waals surface area contributed by atoms with Crippen LogP contribution < -0.4 is 10.6 Å². The highest BCUT2D eigenvalue weighted by atomic mass is 35.5. The number of halogens is 1. The SMILES string of the molecule is Cc1nnc(C2(n3cc([C@@H](Nc4cc(C#N)cc5c(NCC(C)(C)C)c(C#N)cnc45)c4ccccc4Cl)nn3)CC2)o1. The van der Waals surface area contributed by atoms with Crippen LogP contribution in [-0.2, 0) is 5.54 Å². The van der Waals surface area contributed by atoms with Crippen molar-refractivity contribution >= 4 is 33.9 Å². The second-order valence-corrected chi connectivity index (χ2v) is 12.4. The molecule has 0 radical (unpaired) electrons. The molecule has 1 aliphatic carbocycles. The Morgan fingerprint density at radius 2 is 1.91 bits per heavy atom. The summed E-state index contributed by atoms with van der Waals surface area (Å²) in [4.78, 5) is 4.66. The minimum Gasteiger partial charge on any atom is -0.423 e. The molecule has 1 atom stereocenters. The van der Waals surface area contributed by atoms with Gasteiger partial charge in [-0.3, -0.25) is 4.98 Å². The lowest BCUT2D eigenvalue weighted by atomic mass is 9.96. The number of fused-ring (bicyclic) bond motifs is 1. The van der Waals surface area contributed by atoms with Gasteiger partial charge in [-0.15, -0.1) is 15.3 Å². The molecule has 0 saturated heterocycles. The van der Waals surface area contributed by atoms with Crippen molar-refractivity contribution in [3.63, 3.8) is 0 Å².